The number of rotatable bonds is 12. The number of esters is 2. The maximum atomic E-state index is 13.5. The van der Waals surface area contributed by atoms with E-state index in [-0.39, 0.29) is 11.9 Å². The average Bonchev–Trinajstić information content (AvgIpc) is 2.83. The van der Waals surface area contributed by atoms with Gasteiger partial charge >= 0.3 is 11.9 Å². The molecule has 0 aliphatic rings. The average molecular weight is 465 g/mol. The van der Waals surface area contributed by atoms with Gasteiger partial charge in [0.05, 0.1) is 5.41 Å². The van der Waals surface area contributed by atoms with Crippen molar-refractivity contribution in [2.24, 2.45) is 5.41 Å². The Morgan fingerprint density at radius 3 is 1.79 bits per heavy atom. The number of hydrogen-bond acceptors (Lipinski definition) is 5. The molecule has 0 N–H and O–H groups in total. The van der Waals surface area contributed by atoms with E-state index in [9.17, 15) is 9.59 Å². The van der Waals surface area contributed by atoms with Crippen LogP contribution in [0.3, 0.4) is 0 Å². The smallest absolute Gasteiger partial charge is 0.312 e. The molecule has 0 spiro atoms. The Bertz CT molecular complexity index is 890. The van der Waals surface area contributed by atoms with Crippen LogP contribution in [0.1, 0.15) is 52.2 Å². The molecule has 0 saturated carbocycles. The van der Waals surface area contributed by atoms with Crippen molar-refractivity contribution in [1.82, 2.24) is 4.90 Å². The van der Waals surface area contributed by atoms with E-state index in [4.69, 9.17) is 9.47 Å². The quantitative estimate of drug-likeness (QED) is 0.324. The molecule has 0 saturated heterocycles. The molecule has 2 rings (SSSR count). The van der Waals surface area contributed by atoms with Gasteiger partial charge in [-0.2, -0.15) is 0 Å². The highest BCUT2D eigenvalue weighted by atomic mass is 16.6. The Labute approximate surface area is 206 Å². The topological polar surface area (TPSA) is 55.8 Å². The summed E-state index contributed by atoms with van der Waals surface area (Å²) in [7, 11) is 4.43. The summed E-state index contributed by atoms with van der Waals surface area (Å²) in [5.74, 6) is -0.499. The van der Waals surface area contributed by atoms with Crippen LogP contribution in [0.15, 0.2) is 60.7 Å². The molecule has 0 aromatic heterocycles. The molecule has 2 aromatic carbocycles. The first kappa shape index (κ1) is 27.6. The molecule has 0 fully saturated rings. The predicted molar refractivity (Wildman–Crippen MR) is 139 cm³/mol. The van der Waals surface area contributed by atoms with E-state index in [0.717, 1.165) is 11.1 Å². The van der Waals surface area contributed by atoms with Crippen molar-refractivity contribution in [3.05, 3.63) is 71.8 Å². The van der Waals surface area contributed by atoms with Gasteiger partial charge in [0, 0.05) is 11.9 Å². The minimum Gasteiger partial charge on any atom is -0.464 e. The third-order valence-corrected chi connectivity index (χ3v) is 6.85. The van der Waals surface area contributed by atoms with Crippen molar-refractivity contribution in [2.45, 2.75) is 58.3 Å². The summed E-state index contributed by atoms with van der Waals surface area (Å²) in [6.45, 7) is 10.7. The first-order valence-electron chi connectivity index (χ1n) is 12.1. The fourth-order valence-electron chi connectivity index (χ4n) is 3.73. The van der Waals surface area contributed by atoms with Gasteiger partial charge in [0.2, 0.25) is 0 Å². The minimum atomic E-state index is -0.921. The van der Waals surface area contributed by atoms with Gasteiger partial charge < -0.3 is 14.4 Å². The van der Waals surface area contributed by atoms with Crippen molar-refractivity contribution in [1.29, 1.82) is 0 Å². The van der Waals surface area contributed by atoms with E-state index in [0.29, 0.717) is 33.2 Å². The van der Waals surface area contributed by atoms with Crippen molar-refractivity contribution >= 4 is 19.2 Å². The highest BCUT2D eigenvalue weighted by molar-refractivity contribution is 6.47. The zero-order chi connectivity index (χ0) is 25.4. The Morgan fingerprint density at radius 1 is 0.853 bits per heavy atom. The predicted octanol–water partition coefficient (Wildman–Crippen LogP) is 5.07. The maximum absolute atomic E-state index is 13.5. The monoisotopic (exact) mass is 465 g/mol. The van der Waals surface area contributed by atoms with E-state index in [1.807, 2.05) is 114 Å². The fraction of sp³-hybridized carbons (Fsp3) is 0.500. The SMILES string of the molecule is CCC(C)(BCC(C)(C)C(=O)OC(C)(c1ccccc1)c1ccccc1)C(=O)OCCN(C)C. The summed E-state index contributed by atoms with van der Waals surface area (Å²) in [5, 5.41) is -0.647. The van der Waals surface area contributed by atoms with Gasteiger partial charge in [0.15, 0.2) is 5.60 Å². The van der Waals surface area contributed by atoms with Gasteiger partial charge in [-0.15, -0.1) is 0 Å². The van der Waals surface area contributed by atoms with E-state index < -0.39 is 16.3 Å². The molecule has 184 valence electrons. The Hall–Kier alpha value is -2.60. The largest absolute Gasteiger partial charge is 0.464 e. The van der Waals surface area contributed by atoms with E-state index >= 15 is 0 Å². The number of ether oxygens (including phenoxy) is 2. The van der Waals surface area contributed by atoms with Crippen LogP contribution >= 0.6 is 0 Å². The number of hydrogen-bond donors (Lipinski definition) is 0. The van der Waals surface area contributed by atoms with Gasteiger partial charge in [-0.25, -0.2) is 0 Å². The van der Waals surface area contributed by atoms with Gasteiger partial charge in [-0.3, -0.25) is 9.59 Å². The second-order valence-electron chi connectivity index (χ2n) is 10.4. The summed E-state index contributed by atoms with van der Waals surface area (Å²) >= 11 is 0. The van der Waals surface area contributed by atoms with Crippen molar-refractivity contribution < 1.29 is 19.1 Å². The first-order chi connectivity index (χ1) is 15.9. The molecule has 1 atom stereocenters. The van der Waals surface area contributed by atoms with Crippen LogP contribution in [0, 0.1) is 5.41 Å². The second-order valence-corrected chi connectivity index (χ2v) is 10.4. The van der Waals surface area contributed by atoms with Crippen LogP contribution < -0.4 is 0 Å². The van der Waals surface area contributed by atoms with E-state index in [1.165, 1.54) is 0 Å². The lowest BCUT2D eigenvalue weighted by Gasteiger charge is -2.35. The standard InChI is InChI=1S/C28H40BNO4/c1-8-27(4,25(32)33-20-19-30(6)7)29-21-26(2,3)24(31)34-28(5,22-15-11-9-12-16-22)23-17-13-10-14-18-23/h9-18,29H,8,19-21H2,1-7H3. The molecule has 1 unspecified atom stereocenters. The molecule has 34 heavy (non-hydrogen) atoms. The first-order valence-corrected chi connectivity index (χ1v) is 12.1. The Balaban J connectivity index is 2.17. The third kappa shape index (κ3) is 6.96. The highest BCUT2D eigenvalue weighted by Gasteiger charge is 2.42. The molecule has 0 aliphatic heterocycles. The number of carbonyl (C=O) groups excluding carboxylic acids is 2. The van der Waals surface area contributed by atoms with Gasteiger partial charge in [-0.1, -0.05) is 94.7 Å². The van der Waals surface area contributed by atoms with Crippen LogP contribution in [-0.2, 0) is 24.7 Å². The fourth-order valence-corrected chi connectivity index (χ4v) is 3.73. The van der Waals surface area contributed by atoms with Gasteiger partial charge in [-0.05, 0) is 38.6 Å². The minimum absolute atomic E-state index is 0.209. The van der Waals surface area contributed by atoms with Crippen LogP contribution in [0.5, 0.6) is 0 Å². The third-order valence-electron chi connectivity index (χ3n) is 6.85. The normalized spacial score (nSPS) is 13.8. The van der Waals surface area contributed by atoms with Crippen LogP contribution in [0.25, 0.3) is 0 Å². The van der Waals surface area contributed by atoms with E-state index in [1.54, 1.807) is 0 Å². The summed E-state index contributed by atoms with van der Waals surface area (Å²) in [5.41, 5.74) is 0.128. The van der Waals surface area contributed by atoms with Crippen molar-refractivity contribution in [3.8, 4) is 0 Å². The molecule has 2 aromatic rings. The maximum Gasteiger partial charge on any atom is 0.312 e. The summed E-state index contributed by atoms with van der Waals surface area (Å²) in [6.07, 6.45) is 1.16. The molecule has 6 heteroatoms. The zero-order valence-corrected chi connectivity index (χ0v) is 21.9. The lowest BCUT2D eigenvalue weighted by molar-refractivity contribution is -0.165. The number of nitrogens with zero attached hydrogens (tertiary/aromatic N) is 1. The molecule has 0 amide bonds. The van der Waals surface area contributed by atoms with Gasteiger partial charge in [0.1, 0.15) is 13.9 Å². The molecule has 0 aliphatic carbocycles. The summed E-state index contributed by atoms with van der Waals surface area (Å²) < 4.78 is 11.8. The molecule has 5 nitrogen and oxygen atoms in total. The number of benzene rings is 2. The molecule has 0 heterocycles. The van der Waals surface area contributed by atoms with Crippen molar-refractivity contribution in [3.63, 3.8) is 0 Å². The van der Waals surface area contributed by atoms with Crippen LogP contribution in [0.4, 0.5) is 0 Å². The zero-order valence-electron chi connectivity index (χ0n) is 21.9. The molecular weight excluding hydrogens is 425 g/mol. The Morgan fingerprint density at radius 2 is 1.35 bits per heavy atom. The van der Waals surface area contributed by atoms with Crippen molar-refractivity contribution in [2.75, 3.05) is 27.2 Å². The van der Waals surface area contributed by atoms with Crippen LogP contribution in [0.2, 0.25) is 11.6 Å². The van der Waals surface area contributed by atoms with Crippen LogP contribution in [-0.4, -0.2) is 51.4 Å². The molecular formula is C28H40BNO4. The highest BCUT2D eigenvalue weighted by Crippen LogP contribution is 2.39. The number of carbonyl (C=O) groups is 2. The van der Waals surface area contributed by atoms with Gasteiger partial charge in [0.25, 0.3) is 0 Å². The lowest BCUT2D eigenvalue weighted by Crippen LogP contribution is -2.39. The summed E-state index contributed by atoms with van der Waals surface area (Å²) in [4.78, 5) is 28.3. The Kier molecular flexibility index (Phi) is 9.51. The molecule has 0 radical (unpaired) electrons. The second kappa shape index (κ2) is 11.7. The summed E-state index contributed by atoms with van der Waals surface area (Å²) in [6, 6.07) is 19.6. The molecule has 0 bridgehead atoms. The number of likely N-dealkylation sites (N-methyl/N-ethyl adjacent to an activating group) is 1. The lowest BCUT2D eigenvalue weighted by atomic mass is 9.46. The van der Waals surface area contributed by atoms with E-state index in [2.05, 4.69) is 0 Å².